The lowest BCUT2D eigenvalue weighted by atomic mass is 9.75. The molecule has 2 aromatic carbocycles. The van der Waals surface area contributed by atoms with Gasteiger partial charge in [0, 0.05) is 43.9 Å². The number of hydrogen-bond acceptors (Lipinski definition) is 7. The largest absolute Gasteiger partial charge is 0.454 e. The number of carbonyl (C=O) groups is 3. The average molecular weight is 569 g/mol. The minimum Gasteiger partial charge on any atom is -0.454 e. The predicted octanol–water partition coefficient (Wildman–Crippen LogP) is 3.07. The fourth-order valence-electron chi connectivity index (χ4n) is 7.05. The Kier molecular flexibility index (Phi) is 6.38. The van der Waals surface area contributed by atoms with Crippen molar-refractivity contribution in [1.82, 2.24) is 14.8 Å². The first-order valence-electron chi connectivity index (χ1n) is 14.4. The van der Waals surface area contributed by atoms with Crippen LogP contribution < -0.4 is 25.2 Å². The Labute approximate surface area is 242 Å². The number of fused-ring (bicyclic) bond motifs is 5. The van der Waals surface area contributed by atoms with E-state index in [4.69, 9.17) is 9.47 Å². The minimum atomic E-state index is -1.58. The summed E-state index contributed by atoms with van der Waals surface area (Å²) in [6.45, 7) is 4.12. The molecule has 1 aromatic heterocycles. The van der Waals surface area contributed by atoms with Gasteiger partial charge in [0.2, 0.25) is 12.7 Å². The fourth-order valence-corrected chi connectivity index (χ4v) is 7.05. The van der Waals surface area contributed by atoms with Crippen LogP contribution in [0.1, 0.15) is 36.1 Å². The Morgan fingerprint density at radius 1 is 0.905 bits per heavy atom. The number of barbiturate groups is 1. The van der Waals surface area contributed by atoms with Crippen LogP contribution >= 0.6 is 0 Å². The second kappa shape index (κ2) is 10.1. The molecule has 0 saturated carbocycles. The molecule has 0 aliphatic carbocycles. The number of benzene rings is 2. The maximum atomic E-state index is 14.5. The number of piperidine rings is 1. The summed E-state index contributed by atoms with van der Waals surface area (Å²) in [7, 11) is 0. The van der Waals surface area contributed by atoms with Crippen LogP contribution in [0.5, 0.6) is 11.5 Å². The molecule has 42 heavy (non-hydrogen) atoms. The highest BCUT2D eigenvalue weighted by atomic mass is 16.7. The molecule has 0 unspecified atom stereocenters. The summed E-state index contributed by atoms with van der Waals surface area (Å²) in [5, 5.41) is 2.51. The zero-order valence-corrected chi connectivity index (χ0v) is 23.4. The molecule has 10 nitrogen and oxygen atoms in total. The Bertz CT molecular complexity index is 1650. The van der Waals surface area contributed by atoms with E-state index in [1.54, 1.807) is 36.4 Å². The molecule has 3 aromatic rings. The van der Waals surface area contributed by atoms with Gasteiger partial charge in [-0.25, -0.2) is 9.69 Å². The smallest absolute Gasteiger partial charge is 0.335 e. The van der Waals surface area contributed by atoms with Crippen molar-refractivity contribution in [3.05, 3.63) is 87.8 Å². The topological polar surface area (TPSA) is 110 Å². The molecular formula is C32H32N4O6. The lowest BCUT2D eigenvalue weighted by molar-refractivity contribution is -0.144. The van der Waals surface area contributed by atoms with Crippen LogP contribution in [-0.4, -0.2) is 53.7 Å². The van der Waals surface area contributed by atoms with Crippen LogP contribution in [0.25, 0.3) is 0 Å². The number of likely N-dealkylation sites (tertiary alicyclic amines) is 1. The zero-order valence-electron chi connectivity index (χ0n) is 23.4. The highest BCUT2D eigenvalue weighted by Gasteiger charge is 2.56. The van der Waals surface area contributed by atoms with E-state index >= 15 is 0 Å². The molecule has 2 saturated heterocycles. The van der Waals surface area contributed by atoms with Gasteiger partial charge in [-0.05, 0) is 66.6 Å². The number of aromatic nitrogens is 1. The number of imide groups is 2. The molecule has 4 aliphatic rings. The molecule has 1 N–H and O–H groups in total. The van der Waals surface area contributed by atoms with Crippen LogP contribution in [0.2, 0.25) is 0 Å². The van der Waals surface area contributed by atoms with Crippen molar-refractivity contribution in [2.75, 3.05) is 31.3 Å². The molecule has 0 radical (unpaired) electrons. The monoisotopic (exact) mass is 568 g/mol. The van der Waals surface area contributed by atoms with E-state index in [0.717, 1.165) is 34.6 Å². The Morgan fingerprint density at radius 3 is 2.50 bits per heavy atom. The van der Waals surface area contributed by atoms with Gasteiger partial charge in [-0.15, -0.1) is 0 Å². The average Bonchev–Trinajstić information content (AvgIpc) is 3.45. The number of hydrogen-bond donors (Lipinski definition) is 1. The van der Waals surface area contributed by atoms with Crippen LogP contribution in [0.4, 0.5) is 10.5 Å². The van der Waals surface area contributed by atoms with Crippen LogP contribution in [0.3, 0.4) is 0 Å². The molecule has 5 heterocycles. The van der Waals surface area contributed by atoms with Gasteiger partial charge in [-0.1, -0.05) is 31.2 Å². The van der Waals surface area contributed by atoms with Crippen molar-refractivity contribution in [3.8, 4) is 11.5 Å². The van der Waals surface area contributed by atoms with Gasteiger partial charge in [-0.2, -0.15) is 0 Å². The standard InChI is InChI=1S/C32H32N4O6/c1-2-20-6-9-24(10-7-20)36-30(39)32(29(38)33-31(36)40,14-21-8-11-26-27(13-21)42-19-41-26)18-34-15-22-12-23(17-34)25-4-3-5-28(37)35(25)16-22/h3-11,13,22-23H,2,12,14-19H2,1H3,(H,33,38,40)/t22-,23-,32-/m0/s1. The van der Waals surface area contributed by atoms with Crippen molar-refractivity contribution in [3.63, 3.8) is 0 Å². The Balaban J connectivity index is 1.26. The first kappa shape index (κ1) is 26.5. The molecule has 4 aliphatic heterocycles. The molecule has 4 amide bonds. The number of rotatable bonds is 6. The van der Waals surface area contributed by atoms with Gasteiger partial charge in [0.1, 0.15) is 5.41 Å². The van der Waals surface area contributed by atoms with E-state index in [1.165, 1.54) is 0 Å². The number of nitrogens with zero attached hydrogens (tertiary/aromatic N) is 3. The van der Waals surface area contributed by atoms with Crippen molar-refractivity contribution in [2.24, 2.45) is 11.3 Å². The first-order valence-corrected chi connectivity index (χ1v) is 14.4. The number of anilines is 1. The van der Waals surface area contributed by atoms with E-state index in [9.17, 15) is 19.2 Å². The SMILES string of the molecule is CCc1ccc(N2C(=O)NC(=O)[C@](Cc3ccc4c(c3)OCO4)(CN3C[C@@H]4C[C@@H](C3)c3cccc(=O)n3C4)C2=O)cc1. The molecule has 7 rings (SSSR count). The molecule has 0 spiro atoms. The Morgan fingerprint density at radius 2 is 1.69 bits per heavy atom. The molecular weight excluding hydrogens is 536 g/mol. The third-order valence-corrected chi connectivity index (χ3v) is 9.07. The van der Waals surface area contributed by atoms with Crippen molar-refractivity contribution in [2.45, 2.75) is 38.6 Å². The normalized spacial score (nSPS) is 24.9. The Hall–Kier alpha value is -4.44. The lowest BCUT2D eigenvalue weighted by Gasteiger charge is -2.47. The van der Waals surface area contributed by atoms with Gasteiger partial charge >= 0.3 is 6.03 Å². The molecule has 10 heteroatoms. The summed E-state index contributed by atoms with van der Waals surface area (Å²) in [6, 6.07) is 17.3. The van der Waals surface area contributed by atoms with Crippen molar-refractivity contribution in [1.29, 1.82) is 0 Å². The van der Waals surface area contributed by atoms with Gasteiger partial charge in [0.25, 0.3) is 11.5 Å². The zero-order chi connectivity index (χ0) is 29.0. The highest BCUT2D eigenvalue weighted by Crippen LogP contribution is 2.40. The second-order valence-electron chi connectivity index (χ2n) is 11.8. The second-order valence-corrected chi connectivity index (χ2v) is 11.8. The van der Waals surface area contributed by atoms with Crippen molar-refractivity contribution < 1.29 is 23.9 Å². The maximum absolute atomic E-state index is 14.5. The van der Waals surface area contributed by atoms with Gasteiger partial charge in [0.15, 0.2) is 11.5 Å². The summed E-state index contributed by atoms with van der Waals surface area (Å²) >= 11 is 0. The number of amides is 4. The third kappa shape index (κ3) is 4.37. The summed E-state index contributed by atoms with van der Waals surface area (Å²) in [5.74, 6) is 0.325. The van der Waals surface area contributed by atoms with E-state index in [2.05, 4.69) is 10.2 Å². The van der Waals surface area contributed by atoms with Crippen molar-refractivity contribution >= 4 is 23.5 Å². The van der Waals surface area contributed by atoms with E-state index < -0.39 is 23.3 Å². The lowest BCUT2D eigenvalue weighted by Crippen LogP contribution is -2.68. The first-order chi connectivity index (χ1) is 20.3. The molecule has 2 fully saturated rings. The maximum Gasteiger partial charge on any atom is 0.335 e. The van der Waals surface area contributed by atoms with Gasteiger partial charge < -0.3 is 18.9 Å². The van der Waals surface area contributed by atoms with Gasteiger partial charge in [0.05, 0.1) is 5.69 Å². The summed E-state index contributed by atoms with van der Waals surface area (Å²) in [5.41, 5.74) is 1.63. The summed E-state index contributed by atoms with van der Waals surface area (Å²) < 4.78 is 12.9. The third-order valence-electron chi connectivity index (χ3n) is 9.07. The number of ether oxygens (including phenoxy) is 2. The minimum absolute atomic E-state index is 0.00000951. The number of pyridine rings is 1. The van der Waals surface area contributed by atoms with E-state index in [1.807, 2.05) is 35.8 Å². The van der Waals surface area contributed by atoms with Gasteiger partial charge in [-0.3, -0.25) is 19.7 Å². The number of nitrogens with one attached hydrogen (secondary N) is 1. The molecule has 3 atom stereocenters. The van der Waals surface area contributed by atoms with Crippen LogP contribution in [0, 0.1) is 11.3 Å². The quantitative estimate of drug-likeness (QED) is 0.455. The highest BCUT2D eigenvalue weighted by molar-refractivity contribution is 6.30. The number of aryl methyl sites for hydroxylation is 1. The summed E-state index contributed by atoms with van der Waals surface area (Å²) in [4.78, 5) is 57.4. The summed E-state index contributed by atoms with van der Waals surface area (Å²) in [6.07, 6.45) is 1.84. The van der Waals surface area contributed by atoms with E-state index in [0.29, 0.717) is 36.8 Å². The molecule has 216 valence electrons. The number of carbonyl (C=O) groups excluding carboxylic acids is 3. The fraction of sp³-hybridized carbons (Fsp3) is 0.375. The number of urea groups is 1. The predicted molar refractivity (Wildman–Crippen MR) is 154 cm³/mol. The van der Waals surface area contributed by atoms with Crippen LogP contribution in [-0.2, 0) is 29.0 Å². The van der Waals surface area contributed by atoms with Crippen LogP contribution in [0.15, 0.2) is 65.5 Å². The van der Waals surface area contributed by atoms with E-state index in [-0.39, 0.29) is 37.2 Å². The molecule has 2 bridgehead atoms.